The number of para-hydroxylation sites is 1. The summed E-state index contributed by atoms with van der Waals surface area (Å²) < 4.78 is 31.9. The number of ether oxygens (including phenoxy) is 1. The standard InChI is InChI=1S/C19H26F2N6O.HI/c1-2-22-19(23-12-14-8-5-6-9-15(14)28-18(20)21)24-13-17-26-25-16-10-4-3-7-11-27(16)17;/h5-6,8-9,18H,2-4,7,10-13H2,1H3,(H2,22,23,24);1H. The van der Waals surface area contributed by atoms with Crippen molar-refractivity contribution in [3.63, 3.8) is 0 Å². The predicted molar refractivity (Wildman–Crippen MR) is 118 cm³/mol. The second-order valence-corrected chi connectivity index (χ2v) is 6.53. The quantitative estimate of drug-likeness (QED) is 0.332. The third-order valence-electron chi connectivity index (χ3n) is 4.54. The van der Waals surface area contributed by atoms with Crippen LogP contribution in [0.3, 0.4) is 0 Å². The van der Waals surface area contributed by atoms with E-state index in [0.717, 1.165) is 37.5 Å². The van der Waals surface area contributed by atoms with Crippen LogP contribution >= 0.6 is 24.0 Å². The molecular formula is C19H27F2IN6O. The van der Waals surface area contributed by atoms with Gasteiger partial charge in [-0.3, -0.25) is 0 Å². The zero-order chi connectivity index (χ0) is 19.8. The average Bonchev–Trinajstić information content (AvgIpc) is 2.91. The maximum absolute atomic E-state index is 12.6. The van der Waals surface area contributed by atoms with E-state index in [-0.39, 0.29) is 36.3 Å². The molecule has 1 aromatic carbocycles. The first-order valence-corrected chi connectivity index (χ1v) is 9.63. The first kappa shape index (κ1) is 23.3. The molecule has 0 unspecified atom stereocenters. The van der Waals surface area contributed by atoms with Crippen molar-refractivity contribution < 1.29 is 13.5 Å². The molecule has 0 amide bonds. The molecule has 0 aliphatic carbocycles. The van der Waals surface area contributed by atoms with E-state index in [0.29, 0.717) is 24.6 Å². The van der Waals surface area contributed by atoms with Gasteiger partial charge in [0.05, 0.1) is 13.1 Å². The molecule has 0 bridgehead atoms. The van der Waals surface area contributed by atoms with Crippen LogP contribution in [0.2, 0.25) is 0 Å². The van der Waals surface area contributed by atoms with E-state index in [2.05, 4.69) is 35.1 Å². The molecular weight excluding hydrogens is 493 g/mol. The normalized spacial score (nSPS) is 14.0. The van der Waals surface area contributed by atoms with Crippen molar-refractivity contribution in [2.75, 3.05) is 6.54 Å². The third kappa shape index (κ3) is 6.79. The Labute approximate surface area is 186 Å². The monoisotopic (exact) mass is 520 g/mol. The van der Waals surface area contributed by atoms with E-state index in [9.17, 15) is 8.78 Å². The SMILES string of the molecule is CCNC(=NCc1ccccc1OC(F)F)NCc1nnc2n1CCCCC2.I. The van der Waals surface area contributed by atoms with Crippen LogP contribution in [0.5, 0.6) is 5.75 Å². The van der Waals surface area contributed by atoms with Gasteiger partial charge in [0.1, 0.15) is 11.6 Å². The van der Waals surface area contributed by atoms with Gasteiger partial charge in [-0.05, 0) is 25.8 Å². The van der Waals surface area contributed by atoms with Crippen molar-refractivity contribution in [1.29, 1.82) is 0 Å². The smallest absolute Gasteiger partial charge is 0.387 e. The molecule has 0 saturated heterocycles. The highest BCUT2D eigenvalue weighted by molar-refractivity contribution is 14.0. The molecule has 2 aromatic rings. The zero-order valence-electron chi connectivity index (χ0n) is 16.4. The zero-order valence-corrected chi connectivity index (χ0v) is 18.7. The lowest BCUT2D eigenvalue weighted by atomic mass is 10.2. The molecule has 0 spiro atoms. The van der Waals surface area contributed by atoms with E-state index in [1.807, 2.05) is 6.92 Å². The van der Waals surface area contributed by atoms with Gasteiger partial charge in [0, 0.05) is 25.1 Å². The molecule has 0 saturated carbocycles. The van der Waals surface area contributed by atoms with Gasteiger partial charge in [0.15, 0.2) is 11.8 Å². The molecule has 1 aliphatic heterocycles. The van der Waals surface area contributed by atoms with E-state index in [1.165, 1.54) is 12.5 Å². The van der Waals surface area contributed by atoms with E-state index in [4.69, 9.17) is 0 Å². The highest BCUT2D eigenvalue weighted by Crippen LogP contribution is 2.21. The van der Waals surface area contributed by atoms with E-state index < -0.39 is 6.61 Å². The minimum atomic E-state index is -2.86. The molecule has 3 rings (SSSR count). The molecule has 0 atom stereocenters. The number of guanidine groups is 1. The lowest BCUT2D eigenvalue weighted by Gasteiger charge is -2.13. The lowest BCUT2D eigenvalue weighted by molar-refractivity contribution is -0.0504. The number of aromatic nitrogens is 3. The number of fused-ring (bicyclic) bond motifs is 1. The Hall–Kier alpha value is -1.98. The summed E-state index contributed by atoms with van der Waals surface area (Å²) in [5, 5.41) is 15.0. The molecule has 0 fully saturated rings. The van der Waals surface area contributed by atoms with Crippen LogP contribution in [0.4, 0.5) is 8.78 Å². The minimum Gasteiger partial charge on any atom is -0.434 e. The summed E-state index contributed by atoms with van der Waals surface area (Å²) in [6, 6.07) is 6.67. The topological polar surface area (TPSA) is 76.4 Å². The Kier molecular flexibility index (Phi) is 9.55. The molecule has 2 N–H and O–H groups in total. The van der Waals surface area contributed by atoms with Gasteiger partial charge in [-0.15, -0.1) is 34.2 Å². The summed E-state index contributed by atoms with van der Waals surface area (Å²) in [6.07, 6.45) is 4.45. The number of hydrogen-bond acceptors (Lipinski definition) is 4. The van der Waals surface area contributed by atoms with Gasteiger partial charge < -0.3 is 19.9 Å². The average molecular weight is 520 g/mol. The highest BCUT2D eigenvalue weighted by Gasteiger charge is 2.15. The van der Waals surface area contributed by atoms with E-state index in [1.54, 1.807) is 18.2 Å². The van der Waals surface area contributed by atoms with Crippen molar-refractivity contribution in [2.24, 2.45) is 4.99 Å². The van der Waals surface area contributed by atoms with Crippen LogP contribution in [0, 0.1) is 0 Å². The first-order chi connectivity index (χ1) is 13.7. The molecule has 10 heteroatoms. The van der Waals surface area contributed by atoms with Crippen LogP contribution < -0.4 is 15.4 Å². The van der Waals surface area contributed by atoms with Crippen molar-refractivity contribution in [1.82, 2.24) is 25.4 Å². The minimum absolute atomic E-state index is 0. The van der Waals surface area contributed by atoms with Crippen LogP contribution in [0.1, 0.15) is 43.4 Å². The number of aliphatic imine (C=N–C) groups is 1. The fraction of sp³-hybridized carbons (Fsp3) is 0.526. The van der Waals surface area contributed by atoms with Gasteiger partial charge >= 0.3 is 6.61 Å². The Bertz CT molecular complexity index is 799. The van der Waals surface area contributed by atoms with Gasteiger partial charge in [-0.25, -0.2) is 4.99 Å². The summed E-state index contributed by atoms with van der Waals surface area (Å²) in [4.78, 5) is 4.49. The molecule has 1 aliphatic rings. The fourth-order valence-corrected chi connectivity index (χ4v) is 3.19. The van der Waals surface area contributed by atoms with Crippen molar-refractivity contribution in [3.05, 3.63) is 41.5 Å². The second-order valence-electron chi connectivity index (χ2n) is 6.53. The number of nitrogens with zero attached hydrogens (tertiary/aromatic N) is 4. The lowest BCUT2D eigenvalue weighted by Crippen LogP contribution is -2.37. The largest absolute Gasteiger partial charge is 0.434 e. The first-order valence-electron chi connectivity index (χ1n) is 9.63. The highest BCUT2D eigenvalue weighted by atomic mass is 127. The number of alkyl halides is 2. The fourth-order valence-electron chi connectivity index (χ4n) is 3.19. The Morgan fingerprint density at radius 3 is 2.83 bits per heavy atom. The van der Waals surface area contributed by atoms with Crippen LogP contribution in [-0.2, 0) is 26.1 Å². The molecule has 2 heterocycles. The van der Waals surface area contributed by atoms with Crippen molar-refractivity contribution in [3.8, 4) is 5.75 Å². The molecule has 29 heavy (non-hydrogen) atoms. The third-order valence-corrected chi connectivity index (χ3v) is 4.54. The van der Waals surface area contributed by atoms with Gasteiger partial charge in [0.2, 0.25) is 0 Å². The number of rotatable bonds is 7. The Morgan fingerprint density at radius 2 is 2.03 bits per heavy atom. The Morgan fingerprint density at radius 1 is 1.21 bits per heavy atom. The van der Waals surface area contributed by atoms with Gasteiger partial charge in [0.25, 0.3) is 0 Å². The molecule has 0 radical (unpaired) electrons. The summed E-state index contributed by atoms with van der Waals surface area (Å²) in [7, 11) is 0. The van der Waals surface area contributed by atoms with Gasteiger partial charge in [-0.1, -0.05) is 24.6 Å². The maximum Gasteiger partial charge on any atom is 0.387 e. The second kappa shape index (κ2) is 11.9. The molecule has 7 nitrogen and oxygen atoms in total. The summed E-state index contributed by atoms with van der Waals surface area (Å²) >= 11 is 0. The van der Waals surface area contributed by atoms with Crippen LogP contribution in [-0.4, -0.2) is 33.9 Å². The van der Waals surface area contributed by atoms with Crippen LogP contribution in [0.15, 0.2) is 29.3 Å². The number of benzene rings is 1. The molecule has 160 valence electrons. The molecule has 1 aromatic heterocycles. The van der Waals surface area contributed by atoms with Crippen molar-refractivity contribution >= 4 is 29.9 Å². The van der Waals surface area contributed by atoms with E-state index >= 15 is 0 Å². The number of nitrogens with one attached hydrogen (secondary N) is 2. The number of halogens is 3. The maximum atomic E-state index is 12.6. The predicted octanol–water partition coefficient (Wildman–Crippen LogP) is 3.48. The summed E-state index contributed by atoms with van der Waals surface area (Å²) in [6.45, 7) is 1.43. The van der Waals surface area contributed by atoms with Crippen LogP contribution in [0.25, 0.3) is 0 Å². The Balaban J connectivity index is 0.00000300. The van der Waals surface area contributed by atoms with Gasteiger partial charge in [-0.2, -0.15) is 8.78 Å². The summed E-state index contributed by atoms with van der Waals surface area (Å²) in [5.74, 6) is 2.64. The number of aryl methyl sites for hydroxylation is 1. The van der Waals surface area contributed by atoms with Crippen molar-refractivity contribution in [2.45, 2.75) is 58.9 Å². The number of hydrogen-bond donors (Lipinski definition) is 2. The summed E-state index contributed by atoms with van der Waals surface area (Å²) in [5.41, 5.74) is 0.594.